The lowest BCUT2D eigenvalue weighted by Gasteiger charge is -2.18. The number of rotatable bonds is 4. The van der Waals surface area contributed by atoms with E-state index in [1.165, 1.54) is 4.31 Å². The van der Waals surface area contributed by atoms with Gasteiger partial charge >= 0.3 is 0 Å². The molecule has 0 bridgehead atoms. The number of benzene rings is 1. The number of nitrogens with zero attached hydrogens (tertiary/aromatic N) is 1. The molecular formula is C12H16ClNO3S. The maximum atomic E-state index is 11.9. The van der Waals surface area contributed by atoms with Crippen LogP contribution in [-0.4, -0.2) is 31.7 Å². The van der Waals surface area contributed by atoms with Gasteiger partial charge in [0.15, 0.2) is 0 Å². The van der Waals surface area contributed by atoms with E-state index in [9.17, 15) is 13.5 Å². The monoisotopic (exact) mass is 289 g/mol. The maximum Gasteiger partial charge on any atom is 0.234 e. The second-order valence-corrected chi connectivity index (χ2v) is 6.77. The second kappa shape index (κ2) is 5.07. The fourth-order valence-corrected chi connectivity index (χ4v) is 3.47. The third-order valence-electron chi connectivity index (χ3n) is 3.19. The molecule has 0 radical (unpaired) electrons. The first-order valence-electron chi connectivity index (χ1n) is 5.87. The Hall–Kier alpha value is -0.780. The van der Waals surface area contributed by atoms with Crippen LogP contribution in [0.4, 0.5) is 5.69 Å². The van der Waals surface area contributed by atoms with Gasteiger partial charge in [0.2, 0.25) is 10.0 Å². The fraction of sp³-hybridized carbons (Fsp3) is 0.500. The highest BCUT2D eigenvalue weighted by atomic mass is 35.5. The number of alkyl halides is 1. The highest BCUT2D eigenvalue weighted by Crippen LogP contribution is 2.32. The van der Waals surface area contributed by atoms with Crippen molar-refractivity contribution >= 4 is 27.3 Å². The molecule has 0 amide bonds. The molecule has 1 aromatic rings. The van der Waals surface area contributed by atoms with Crippen molar-refractivity contribution in [1.29, 1.82) is 0 Å². The highest BCUT2D eigenvalue weighted by Gasteiger charge is 2.28. The molecule has 1 heterocycles. The summed E-state index contributed by atoms with van der Waals surface area (Å²) in [4.78, 5) is 0. The van der Waals surface area contributed by atoms with E-state index in [1.807, 2.05) is 6.07 Å². The largest absolute Gasteiger partial charge is 0.387 e. The third kappa shape index (κ3) is 2.35. The van der Waals surface area contributed by atoms with Crippen LogP contribution in [0, 0.1) is 0 Å². The zero-order valence-electron chi connectivity index (χ0n) is 10.1. The molecule has 6 heteroatoms. The topological polar surface area (TPSA) is 57.6 Å². The van der Waals surface area contributed by atoms with Crippen LogP contribution >= 0.6 is 11.6 Å². The van der Waals surface area contributed by atoms with Crippen molar-refractivity contribution in [3.05, 3.63) is 29.3 Å². The van der Waals surface area contributed by atoms with Gasteiger partial charge in [0, 0.05) is 6.54 Å². The van der Waals surface area contributed by atoms with Crippen LogP contribution in [0.15, 0.2) is 18.2 Å². The van der Waals surface area contributed by atoms with Gasteiger partial charge in [-0.2, -0.15) is 0 Å². The van der Waals surface area contributed by atoms with Gasteiger partial charge in [-0.15, -0.1) is 11.6 Å². The Bertz CT molecular complexity index is 544. The molecule has 0 saturated heterocycles. The van der Waals surface area contributed by atoms with Crippen molar-refractivity contribution in [2.45, 2.75) is 19.4 Å². The van der Waals surface area contributed by atoms with E-state index in [0.717, 1.165) is 16.8 Å². The van der Waals surface area contributed by atoms with Gasteiger partial charge in [-0.1, -0.05) is 12.1 Å². The van der Waals surface area contributed by atoms with Gasteiger partial charge < -0.3 is 5.11 Å². The van der Waals surface area contributed by atoms with E-state index in [1.54, 1.807) is 19.1 Å². The standard InChI is InChI=1S/C12H16ClNO3S/c1-2-18(16,17)14-6-5-9-7-10(12(15)8-13)3-4-11(9)14/h3-4,7,12,15H,2,5-6,8H2,1H3/t12-/m1/s1. The average Bonchev–Trinajstić information content (AvgIpc) is 2.81. The van der Waals surface area contributed by atoms with Crippen molar-refractivity contribution < 1.29 is 13.5 Å². The fourth-order valence-electron chi connectivity index (χ4n) is 2.13. The quantitative estimate of drug-likeness (QED) is 0.858. The normalized spacial score (nSPS) is 16.7. The molecular weight excluding hydrogens is 274 g/mol. The van der Waals surface area contributed by atoms with Gasteiger partial charge in [0.05, 0.1) is 23.4 Å². The van der Waals surface area contributed by atoms with Gasteiger partial charge in [-0.05, 0) is 30.5 Å². The molecule has 0 aromatic heterocycles. The molecule has 0 saturated carbocycles. The minimum atomic E-state index is -3.21. The van der Waals surface area contributed by atoms with Gasteiger partial charge in [0.1, 0.15) is 0 Å². The summed E-state index contributed by atoms with van der Waals surface area (Å²) in [7, 11) is -3.21. The first-order chi connectivity index (χ1) is 8.49. The van der Waals surface area contributed by atoms with E-state index in [2.05, 4.69) is 0 Å². The summed E-state index contributed by atoms with van der Waals surface area (Å²) in [6.07, 6.45) is -0.0222. The zero-order chi connectivity index (χ0) is 13.3. The van der Waals surface area contributed by atoms with Crippen molar-refractivity contribution in [3.8, 4) is 0 Å². The molecule has 100 valence electrons. The Kier molecular flexibility index (Phi) is 3.84. The summed E-state index contributed by atoms with van der Waals surface area (Å²) >= 11 is 5.60. The molecule has 0 aliphatic carbocycles. The first-order valence-corrected chi connectivity index (χ1v) is 8.01. The lowest BCUT2D eigenvalue weighted by atomic mass is 10.1. The molecule has 1 N–H and O–H groups in total. The summed E-state index contributed by atoms with van der Waals surface area (Å²) in [5.41, 5.74) is 2.41. The summed E-state index contributed by atoms with van der Waals surface area (Å²) < 4.78 is 25.2. The second-order valence-electron chi connectivity index (χ2n) is 4.28. The number of fused-ring (bicyclic) bond motifs is 1. The number of aliphatic hydroxyl groups excluding tert-OH is 1. The summed E-state index contributed by atoms with van der Waals surface area (Å²) in [5, 5.41) is 9.67. The molecule has 18 heavy (non-hydrogen) atoms. The van der Waals surface area contributed by atoms with Crippen LogP contribution < -0.4 is 4.31 Å². The Labute approximate surface area is 112 Å². The van der Waals surface area contributed by atoms with Crippen LogP contribution in [0.3, 0.4) is 0 Å². The van der Waals surface area contributed by atoms with Crippen molar-refractivity contribution in [1.82, 2.24) is 0 Å². The number of sulfonamides is 1. The number of hydrogen-bond donors (Lipinski definition) is 1. The molecule has 1 aromatic carbocycles. The Morgan fingerprint density at radius 2 is 2.22 bits per heavy atom. The van der Waals surface area contributed by atoms with Crippen LogP contribution in [-0.2, 0) is 16.4 Å². The maximum absolute atomic E-state index is 11.9. The molecule has 1 aliphatic rings. The Morgan fingerprint density at radius 3 is 2.83 bits per heavy atom. The lowest BCUT2D eigenvalue weighted by Crippen LogP contribution is -2.30. The van der Waals surface area contributed by atoms with Crippen molar-refractivity contribution in [3.63, 3.8) is 0 Å². The SMILES string of the molecule is CCS(=O)(=O)N1CCc2cc([C@H](O)CCl)ccc21. The van der Waals surface area contributed by atoms with Gasteiger partial charge in [-0.25, -0.2) is 8.42 Å². The van der Waals surface area contributed by atoms with Crippen LogP contribution in [0.1, 0.15) is 24.2 Å². The van der Waals surface area contributed by atoms with Crippen LogP contribution in [0.25, 0.3) is 0 Å². The van der Waals surface area contributed by atoms with E-state index >= 15 is 0 Å². The third-order valence-corrected chi connectivity index (χ3v) is 5.26. The number of aliphatic hydroxyl groups is 1. The molecule has 0 unspecified atom stereocenters. The number of anilines is 1. The van der Waals surface area contributed by atoms with Crippen molar-refractivity contribution in [2.24, 2.45) is 0 Å². The van der Waals surface area contributed by atoms with E-state index < -0.39 is 16.1 Å². The minimum Gasteiger partial charge on any atom is -0.387 e. The van der Waals surface area contributed by atoms with Crippen molar-refractivity contribution in [2.75, 3.05) is 22.5 Å². The molecule has 1 aliphatic heterocycles. The minimum absolute atomic E-state index is 0.0957. The molecule has 0 spiro atoms. The number of hydrogen-bond acceptors (Lipinski definition) is 3. The van der Waals surface area contributed by atoms with E-state index in [0.29, 0.717) is 13.0 Å². The summed E-state index contributed by atoms with van der Waals surface area (Å²) in [5.74, 6) is 0.230. The summed E-state index contributed by atoms with van der Waals surface area (Å²) in [6, 6.07) is 5.32. The molecule has 4 nitrogen and oxygen atoms in total. The van der Waals surface area contributed by atoms with Gasteiger partial charge in [0.25, 0.3) is 0 Å². The molecule has 1 atom stereocenters. The molecule has 0 fully saturated rings. The smallest absolute Gasteiger partial charge is 0.234 e. The average molecular weight is 290 g/mol. The Morgan fingerprint density at radius 1 is 1.50 bits per heavy atom. The highest BCUT2D eigenvalue weighted by molar-refractivity contribution is 7.92. The van der Waals surface area contributed by atoms with Crippen LogP contribution in [0.2, 0.25) is 0 Å². The van der Waals surface area contributed by atoms with Crippen LogP contribution in [0.5, 0.6) is 0 Å². The zero-order valence-corrected chi connectivity index (χ0v) is 11.7. The van der Waals surface area contributed by atoms with Gasteiger partial charge in [-0.3, -0.25) is 4.31 Å². The molecule has 2 rings (SSSR count). The van der Waals surface area contributed by atoms with E-state index in [-0.39, 0.29) is 11.6 Å². The van der Waals surface area contributed by atoms with E-state index in [4.69, 9.17) is 11.6 Å². The first kappa shape index (κ1) is 13.6. The predicted octanol–water partition coefficient (Wildman–Crippen LogP) is 1.67. The Balaban J connectivity index is 2.37. The lowest BCUT2D eigenvalue weighted by molar-refractivity contribution is 0.202. The summed E-state index contributed by atoms with van der Waals surface area (Å²) in [6.45, 7) is 2.12. The predicted molar refractivity (Wildman–Crippen MR) is 72.6 cm³/mol. The number of halogens is 1.